The first kappa shape index (κ1) is 23.8. The molecule has 33 heavy (non-hydrogen) atoms. The number of carbonyl (C=O) groups is 2. The normalized spacial score (nSPS) is 10.9. The number of ether oxygens (including phenoxy) is 2. The van der Waals surface area contributed by atoms with Crippen molar-refractivity contribution in [3.63, 3.8) is 0 Å². The van der Waals surface area contributed by atoms with E-state index in [0.29, 0.717) is 17.1 Å². The van der Waals surface area contributed by atoms with E-state index in [4.69, 9.17) is 9.47 Å². The van der Waals surface area contributed by atoms with Gasteiger partial charge in [0, 0.05) is 18.3 Å². The number of sulfonamides is 1. The second-order valence-electron chi connectivity index (χ2n) is 7.17. The smallest absolute Gasteiger partial charge is 0.337 e. The van der Waals surface area contributed by atoms with E-state index in [1.54, 1.807) is 43.3 Å². The van der Waals surface area contributed by atoms with Crippen LogP contribution in [0.4, 0.5) is 11.4 Å². The van der Waals surface area contributed by atoms with E-state index in [9.17, 15) is 18.0 Å². The Labute approximate surface area is 192 Å². The van der Waals surface area contributed by atoms with Crippen LogP contribution in [0.3, 0.4) is 0 Å². The summed E-state index contributed by atoms with van der Waals surface area (Å²) in [5, 5.41) is 2.73. The van der Waals surface area contributed by atoms with Crippen molar-refractivity contribution in [2.24, 2.45) is 0 Å². The number of nitrogens with one attached hydrogen (secondary N) is 1. The Bertz CT molecular complexity index is 1290. The molecule has 1 N–H and O–H groups in total. The minimum absolute atomic E-state index is 0.0338. The van der Waals surface area contributed by atoms with Crippen LogP contribution in [-0.2, 0) is 14.8 Å². The van der Waals surface area contributed by atoms with Gasteiger partial charge in [0.25, 0.3) is 15.9 Å². The van der Waals surface area contributed by atoms with E-state index in [2.05, 4.69) is 5.32 Å². The molecule has 0 aliphatic carbocycles. The lowest BCUT2D eigenvalue weighted by atomic mass is 10.1. The molecule has 1 amide bonds. The SMILES string of the molecule is COC(=O)c1ccc(C)c(NC(=O)c2cccc(S(=O)(=O)N(C)c3ccc(OC)cc3)c2)c1. The van der Waals surface area contributed by atoms with Crippen molar-refractivity contribution in [3.8, 4) is 5.75 Å². The van der Waals surface area contributed by atoms with Crippen molar-refractivity contribution >= 4 is 33.3 Å². The summed E-state index contributed by atoms with van der Waals surface area (Å²) in [6.45, 7) is 1.78. The van der Waals surface area contributed by atoms with Crippen LogP contribution < -0.4 is 14.4 Å². The topological polar surface area (TPSA) is 102 Å². The van der Waals surface area contributed by atoms with Gasteiger partial charge < -0.3 is 14.8 Å². The van der Waals surface area contributed by atoms with Gasteiger partial charge in [0.1, 0.15) is 5.75 Å². The maximum absolute atomic E-state index is 13.1. The molecule has 0 spiro atoms. The molecule has 3 rings (SSSR count). The summed E-state index contributed by atoms with van der Waals surface area (Å²) < 4.78 is 37.2. The van der Waals surface area contributed by atoms with Crippen LogP contribution in [0.15, 0.2) is 71.6 Å². The monoisotopic (exact) mass is 468 g/mol. The third kappa shape index (κ3) is 5.15. The van der Waals surface area contributed by atoms with Gasteiger partial charge in [-0.05, 0) is 67.1 Å². The highest BCUT2D eigenvalue weighted by molar-refractivity contribution is 7.92. The number of nitrogens with zero attached hydrogens (tertiary/aromatic N) is 1. The van der Waals surface area contributed by atoms with Gasteiger partial charge in [-0.25, -0.2) is 13.2 Å². The first-order chi connectivity index (χ1) is 15.7. The maximum atomic E-state index is 13.1. The first-order valence-corrected chi connectivity index (χ1v) is 11.3. The molecule has 0 heterocycles. The molecule has 9 heteroatoms. The van der Waals surface area contributed by atoms with Gasteiger partial charge in [-0.1, -0.05) is 12.1 Å². The summed E-state index contributed by atoms with van der Waals surface area (Å²) in [4.78, 5) is 24.6. The van der Waals surface area contributed by atoms with Gasteiger partial charge in [0.15, 0.2) is 0 Å². The molecular weight excluding hydrogens is 444 g/mol. The lowest BCUT2D eigenvalue weighted by Gasteiger charge is -2.20. The molecule has 0 aromatic heterocycles. The number of hydrogen-bond donors (Lipinski definition) is 1. The molecule has 8 nitrogen and oxygen atoms in total. The Morgan fingerprint density at radius 2 is 1.61 bits per heavy atom. The Balaban J connectivity index is 1.87. The molecule has 0 radical (unpaired) electrons. The number of hydrogen-bond acceptors (Lipinski definition) is 6. The summed E-state index contributed by atoms with van der Waals surface area (Å²) in [7, 11) is 0.318. The van der Waals surface area contributed by atoms with Gasteiger partial charge in [0.2, 0.25) is 0 Å². The molecule has 0 saturated heterocycles. The van der Waals surface area contributed by atoms with Crippen molar-refractivity contribution in [1.82, 2.24) is 0 Å². The predicted molar refractivity (Wildman–Crippen MR) is 125 cm³/mol. The number of aryl methyl sites for hydroxylation is 1. The average molecular weight is 469 g/mol. The third-order valence-electron chi connectivity index (χ3n) is 5.10. The highest BCUT2D eigenvalue weighted by Crippen LogP contribution is 2.25. The Hall–Kier alpha value is -3.85. The zero-order chi connectivity index (χ0) is 24.2. The molecular formula is C24H24N2O6S. The van der Waals surface area contributed by atoms with Gasteiger partial charge in [0.05, 0.1) is 30.4 Å². The standard InChI is InChI=1S/C24H24N2O6S/c1-16-8-9-18(24(28)32-4)15-22(16)25-23(27)17-6-5-7-21(14-17)33(29,30)26(2)19-10-12-20(31-3)13-11-19/h5-15H,1-4H3,(H,25,27). The third-order valence-corrected chi connectivity index (χ3v) is 6.88. The van der Waals surface area contributed by atoms with Crippen molar-refractivity contribution < 1.29 is 27.5 Å². The fraction of sp³-hybridized carbons (Fsp3) is 0.167. The van der Waals surface area contributed by atoms with Crippen molar-refractivity contribution in [1.29, 1.82) is 0 Å². The molecule has 0 aliphatic rings. The average Bonchev–Trinajstić information content (AvgIpc) is 2.84. The Kier molecular flexibility index (Phi) is 7.03. The molecule has 0 saturated carbocycles. The van der Waals surface area contributed by atoms with E-state index in [1.165, 1.54) is 51.6 Å². The van der Waals surface area contributed by atoms with Crippen LogP contribution in [0.1, 0.15) is 26.3 Å². The molecule has 0 fully saturated rings. The van der Waals surface area contributed by atoms with Crippen LogP contribution in [-0.4, -0.2) is 41.6 Å². The first-order valence-electron chi connectivity index (χ1n) is 9.90. The second-order valence-corrected chi connectivity index (χ2v) is 9.14. The highest BCUT2D eigenvalue weighted by atomic mass is 32.2. The van der Waals surface area contributed by atoms with E-state index in [-0.39, 0.29) is 16.0 Å². The second kappa shape index (κ2) is 9.74. The maximum Gasteiger partial charge on any atom is 0.337 e. The summed E-state index contributed by atoms with van der Waals surface area (Å²) in [5.74, 6) is -0.431. The van der Waals surface area contributed by atoms with Crippen LogP contribution in [0.25, 0.3) is 0 Å². The molecule has 0 unspecified atom stereocenters. The van der Waals surface area contributed by atoms with E-state index >= 15 is 0 Å². The lowest BCUT2D eigenvalue weighted by Crippen LogP contribution is -2.26. The van der Waals surface area contributed by atoms with Crippen LogP contribution in [0.2, 0.25) is 0 Å². The number of methoxy groups -OCH3 is 2. The molecule has 0 atom stereocenters. The number of rotatable bonds is 7. The van der Waals surface area contributed by atoms with E-state index in [1.807, 2.05) is 0 Å². The predicted octanol–water partition coefficient (Wildman–Crippen LogP) is 3.87. The fourth-order valence-electron chi connectivity index (χ4n) is 3.08. The molecule has 3 aromatic rings. The minimum Gasteiger partial charge on any atom is -0.497 e. The molecule has 3 aromatic carbocycles. The lowest BCUT2D eigenvalue weighted by molar-refractivity contribution is 0.0600. The van der Waals surface area contributed by atoms with Crippen LogP contribution in [0, 0.1) is 6.92 Å². The van der Waals surface area contributed by atoms with Crippen LogP contribution >= 0.6 is 0 Å². The Morgan fingerprint density at radius 3 is 2.24 bits per heavy atom. The molecule has 0 aliphatic heterocycles. The largest absolute Gasteiger partial charge is 0.497 e. The quantitative estimate of drug-likeness (QED) is 0.528. The number of benzene rings is 3. The zero-order valence-corrected chi connectivity index (χ0v) is 19.5. The zero-order valence-electron chi connectivity index (χ0n) is 18.7. The number of carbonyl (C=O) groups excluding carboxylic acids is 2. The summed E-state index contributed by atoms with van der Waals surface area (Å²) in [6, 6.07) is 17.1. The minimum atomic E-state index is -3.92. The number of amides is 1. The number of anilines is 2. The van der Waals surface area contributed by atoms with E-state index in [0.717, 1.165) is 9.87 Å². The van der Waals surface area contributed by atoms with Crippen molar-refractivity contribution in [3.05, 3.63) is 83.4 Å². The van der Waals surface area contributed by atoms with Gasteiger partial charge in [-0.15, -0.1) is 0 Å². The summed E-state index contributed by atoms with van der Waals surface area (Å²) >= 11 is 0. The van der Waals surface area contributed by atoms with Crippen molar-refractivity contribution in [2.45, 2.75) is 11.8 Å². The highest BCUT2D eigenvalue weighted by Gasteiger charge is 2.23. The van der Waals surface area contributed by atoms with Crippen LogP contribution in [0.5, 0.6) is 5.75 Å². The summed E-state index contributed by atoms with van der Waals surface area (Å²) in [5.41, 5.74) is 2.05. The van der Waals surface area contributed by atoms with Gasteiger partial charge >= 0.3 is 5.97 Å². The number of esters is 1. The molecule has 0 bridgehead atoms. The van der Waals surface area contributed by atoms with Crippen molar-refractivity contribution in [2.75, 3.05) is 30.9 Å². The molecule has 172 valence electrons. The van der Waals surface area contributed by atoms with Gasteiger partial charge in [-0.3, -0.25) is 9.10 Å². The Morgan fingerprint density at radius 1 is 0.909 bits per heavy atom. The fourth-order valence-corrected chi connectivity index (χ4v) is 4.32. The summed E-state index contributed by atoms with van der Waals surface area (Å²) in [6.07, 6.45) is 0. The van der Waals surface area contributed by atoms with E-state index < -0.39 is 21.9 Å². The van der Waals surface area contributed by atoms with Gasteiger partial charge in [-0.2, -0.15) is 0 Å².